The molecular formula is C23H26N4O5S. The predicted molar refractivity (Wildman–Crippen MR) is 127 cm³/mol. The van der Waals surface area contributed by atoms with Crippen LogP contribution in [0.1, 0.15) is 29.2 Å². The third-order valence-electron chi connectivity index (χ3n) is 5.39. The molecule has 174 valence electrons. The maximum Gasteiger partial charge on any atom is 0.347 e. The molecule has 0 aliphatic carbocycles. The first-order valence-corrected chi connectivity index (χ1v) is 11.8. The number of aliphatic imine (C=N–C) groups is 1. The zero-order valence-corrected chi connectivity index (χ0v) is 19.9. The van der Waals surface area contributed by atoms with E-state index >= 15 is 0 Å². The molecule has 1 heterocycles. The number of imide groups is 1. The minimum Gasteiger partial charge on any atom is -0.324 e. The van der Waals surface area contributed by atoms with Crippen molar-refractivity contribution in [2.24, 2.45) is 4.99 Å². The Balaban J connectivity index is 2.04. The number of benzene rings is 2. The fourth-order valence-corrected chi connectivity index (χ4v) is 5.48. The van der Waals surface area contributed by atoms with Gasteiger partial charge in [-0.15, -0.1) is 0 Å². The van der Waals surface area contributed by atoms with Crippen molar-refractivity contribution in [3.05, 3.63) is 58.7 Å². The van der Waals surface area contributed by atoms with E-state index in [1.165, 1.54) is 6.92 Å². The van der Waals surface area contributed by atoms with Crippen molar-refractivity contribution in [2.75, 3.05) is 16.2 Å². The Morgan fingerprint density at radius 3 is 2.30 bits per heavy atom. The molecule has 0 fully saturated rings. The molecule has 2 aromatic rings. The molecule has 0 aromatic heterocycles. The van der Waals surface area contributed by atoms with E-state index < -0.39 is 39.7 Å². The summed E-state index contributed by atoms with van der Waals surface area (Å²) in [6.07, 6.45) is 0. The highest BCUT2D eigenvalue weighted by molar-refractivity contribution is 7.95. The summed E-state index contributed by atoms with van der Waals surface area (Å²) < 4.78 is 28.2. The van der Waals surface area contributed by atoms with Gasteiger partial charge in [-0.05, 0) is 75.1 Å². The third kappa shape index (κ3) is 5.11. The van der Waals surface area contributed by atoms with Crippen LogP contribution in [-0.2, 0) is 19.6 Å². The number of aryl methyl sites for hydroxylation is 3. The van der Waals surface area contributed by atoms with Gasteiger partial charge in [-0.3, -0.25) is 19.2 Å². The lowest BCUT2D eigenvalue weighted by molar-refractivity contribution is -0.119. The second-order valence-corrected chi connectivity index (χ2v) is 10.1. The molecule has 0 bridgehead atoms. The Morgan fingerprint density at radius 2 is 1.70 bits per heavy atom. The first-order chi connectivity index (χ1) is 15.4. The van der Waals surface area contributed by atoms with Crippen LogP contribution in [0.5, 0.6) is 0 Å². The molecular weight excluding hydrogens is 444 g/mol. The topological polar surface area (TPSA) is 125 Å². The van der Waals surface area contributed by atoms with Gasteiger partial charge in [0, 0.05) is 5.69 Å². The zero-order valence-electron chi connectivity index (χ0n) is 19.1. The molecule has 0 saturated carbocycles. The highest BCUT2D eigenvalue weighted by atomic mass is 32.2. The molecule has 1 unspecified atom stereocenters. The van der Waals surface area contributed by atoms with Crippen molar-refractivity contribution in [3.8, 4) is 0 Å². The Hall–Kier alpha value is -3.53. The van der Waals surface area contributed by atoms with E-state index in [4.69, 9.17) is 0 Å². The zero-order chi connectivity index (χ0) is 24.5. The molecule has 0 radical (unpaired) electrons. The van der Waals surface area contributed by atoms with Gasteiger partial charge >= 0.3 is 6.03 Å². The van der Waals surface area contributed by atoms with Gasteiger partial charge in [0.1, 0.15) is 6.54 Å². The molecule has 3 rings (SSSR count). The molecule has 2 aromatic carbocycles. The van der Waals surface area contributed by atoms with Crippen LogP contribution in [0.25, 0.3) is 0 Å². The number of urea groups is 1. The summed E-state index contributed by atoms with van der Waals surface area (Å²) in [5, 5.41) is 2.95. The maximum atomic E-state index is 13.6. The van der Waals surface area contributed by atoms with Crippen molar-refractivity contribution < 1.29 is 22.8 Å². The SMILES string of the molecule is CC1=NC(=O)NC(=O)C1S(=O)(=O)N(CC(=O)Nc1cccc(C)c1C)c1cc(C)cc(C)c1. The molecule has 0 saturated heterocycles. The molecule has 1 atom stereocenters. The number of nitrogens with zero attached hydrogens (tertiary/aromatic N) is 2. The number of amides is 4. The second kappa shape index (κ2) is 9.14. The summed E-state index contributed by atoms with van der Waals surface area (Å²) in [5.41, 5.74) is 4.05. The van der Waals surface area contributed by atoms with Gasteiger partial charge in [-0.25, -0.2) is 18.2 Å². The molecule has 33 heavy (non-hydrogen) atoms. The van der Waals surface area contributed by atoms with Crippen LogP contribution in [0.4, 0.5) is 16.2 Å². The molecule has 2 N–H and O–H groups in total. The lowest BCUT2D eigenvalue weighted by Crippen LogP contribution is -2.55. The van der Waals surface area contributed by atoms with Crippen LogP contribution in [0.15, 0.2) is 41.4 Å². The second-order valence-electron chi connectivity index (χ2n) is 8.12. The van der Waals surface area contributed by atoms with Gasteiger partial charge in [0.15, 0.2) is 5.25 Å². The van der Waals surface area contributed by atoms with Crippen molar-refractivity contribution in [3.63, 3.8) is 0 Å². The highest BCUT2D eigenvalue weighted by Gasteiger charge is 2.43. The first-order valence-electron chi connectivity index (χ1n) is 10.3. The number of carbonyl (C=O) groups excluding carboxylic acids is 3. The Bertz CT molecular complexity index is 1260. The standard InChI is InChI=1S/C23H26N4O5S/c1-13-9-14(2)11-18(10-13)27(12-20(28)25-19-8-6-7-15(3)16(19)4)33(31,32)21-17(5)24-23(30)26-22(21)29/h6-11,21H,12H2,1-5H3,(H,25,28)(H,26,29,30). The molecule has 9 nitrogen and oxygen atoms in total. The number of rotatable bonds is 6. The van der Waals surface area contributed by atoms with Gasteiger partial charge in [0.25, 0.3) is 15.9 Å². The third-order valence-corrected chi connectivity index (χ3v) is 7.50. The summed E-state index contributed by atoms with van der Waals surface area (Å²) in [5.74, 6) is -1.58. The highest BCUT2D eigenvalue weighted by Crippen LogP contribution is 2.26. The van der Waals surface area contributed by atoms with Gasteiger partial charge < -0.3 is 5.32 Å². The minimum absolute atomic E-state index is 0.159. The van der Waals surface area contributed by atoms with Crippen molar-refractivity contribution >= 4 is 45.0 Å². The van der Waals surface area contributed by atoms with Crippen molar-refractivity contribution in [1.29, 1.82) is 0 Å². The number of hydrogen-bond donors (Lipinski definition) is 2. The van der Waals surface area contributed by atoms with Crippen LogP contribution >= 0.6 is 0 Å². The number of anilines is 2. The van der Waals surface area contributed by atoms with E-state index in [1.807, 2.05) is 31.3 Å². The maximum absolute atomic E-state index is 13.6. The largest absolute Gasteiger partial charge is 0.347 e. The fourth-order valence-electron chi connectivity index (χ4n) is 3.71. The van der Waals surface area contributed by atoms with Gasteiger partial charge in [-0.2, -0.15) is 0 Å². The number of hydrogen-bond acceptors (Lipinski definition) is 5. The van der Waals surface area contributed by atoms with Gasteiger partial charge in [0.2, 0.25) is 5.91 Å². The minimum atomic E-state index is -4.46. The quantitative estimate of drug-likeness (QED) is 0.672. The predicted octanol–water partition coefficient (Wildman–Crippen LogP) is 2.77. The average Bonchev–Trinajstić information content (AvgIpc) is 2.67. The Morgan fingerprint density at radius 1 is 1.06 bits per heavy atom. The molecule has 10 heteroatoms. The molecule has 1 aliphatic heterocycles. The summed E-state index contributed by atoms with van der Waals surface area (Å²) in [6.45, 7) is 8.10. The van der Waals surface area contributed by atoms with Crippen LogP contribution in [0.3, 0.4) is 0 Å². The van der Waals surface area contributed by atoms with E-state index in [0.29, 0.717) is 5.69 Å². The van der Waals surface area contributed by atoms with Crippen LogP contribution in [0, 0.1) is 27.7 Å². The number of carbonyl (C=O) groups is 3. The van der Waals surface area contributed by atoms with Gasteiger partial charge in [0.05, 0.1) is 11.4 Å². The number of nitrogens with one attached hydrogen (secondary N) is 2. The first kappa shape index (κ1) is 24.1. The summed E-state index contributed by atoms with van der Waals surface area (Å²) in [7, 11) is -4.46. The molecule has 1 aliphatic rings. The monoisotopic (exact) mass is 470 g/mol. The van der Waals surface area contributed by atoms with Crippen molar-refractivity contribution in [1.82, 2.24) is 5.32 Å². The fraction of sp³-hybridized carbons (Fsp3) is 0.304. The van der Waals surface area contributed by atoms with E-state index in [9.17, 15) is 22.8 Å². The lowest BCUT2D eigenvalue weighted by Gasteiger charge is -2.30. The average molecular weight is 471 g/mol. The lowest BCUT2D eigenvalue weighted by atomic mass is 10.1. The van der Waals surface area contributed by atoms with Crippen LogP contribution < -0.4 is 14.9 Å². The van der Waals surface area contributed by atoms with Gasteiger partial charge in [-0.1, -0.05) is 18.2 Å². The van der Waals surface area contributed by atoms with E-state index in [-0.39, 0.29) is 11.4 Å². The number of sulfonamides is 1. The Labute approximate surface area is 192 Å². The molecule has 0 spiro atoms. The smallest absolute Gasteiger partial charge is 0.324 e. The summed E-state index contributed by atoms with van der Waals surface area (Å²) >= 11 is 0. The van der Waals surface area contributed by atoms with E-state index in [0.717, 1.165) is 26.6 Å². The summed E-state index contributed by atoms with van der Waals surface area (Å²) in [4.78, 5) is 40.6. The molecule has 4 amide bonds. The van der Waals surface area contributed by atoms with Crippen LogP contribution in [-0.4, -0.2) is 43.8 Å². The van der Waals surface area contributed by atoms with E-state index in [2.05, 4.69) is 10.3 Å². The summed E-state index contributed by atoms with van der Waals surface area (Å²) in [6, 6.07) is 9.61. The Kier molecular flexibility index (Phi) is 6.68. The van der Waals surface area contributed by atoms with E-state index in [1.54, 1.807) is 38.1 Å². The van der Waals surface area contributed by atoms with Crippen molar-refractivity contribution in [2.45, 2.75) is 39.9 Å². The van der Waals surface area contributed by atoms with Crippen LogP contribution in [0.2, 0.25) is 0 Å². The normalized spacial score (nSPS) is 16.2.